The van der Waals surface area contributed by atoms with E-state index in [1.165, 1.54) is 0 Å². The molecule has 2 aliphatic rings. The van der Waals surface area contributed by atoms with Crippen LogP contribution in [-0.4, -0.2) is 75.4 Å². The number of methoxy groups -OCH3 is 2. The number of benzene rings is 1. The number of amides is 1. The van der Waals surface area contributed by atoms with Crippen molar-refractivity contribution in [3.8, 4) is 11.5 Å². The summed E-state index contributed by atoms with van der Waals surface area (Å²) in [5.74, 6) is 1.37. The van der Waals surface area contributed by atoms with E-state index < -0.39 is 0 Å². The molecular weight excluding hydrogens is 332 g/mol. The predicted molar refractivity (Wildman–Crippen MR) is 100 cm³/mol. The van der Waals surface area contributed by atoms with Gasteiger partial charge in [0, 0.05) is 32.3 Å². The van der Waals surface area contributed by atoms with E-state index in [1.54, 1.807) is 20.3 Å². The second kappa shape index (κ2) is 8.73. The van der Waals surface area contributed by atoms with Gasteiger partial charge in [-0.2, -0.15) is 0 Å². The number of likely N-dealkylation sites (tertiary alicyclic amines) is 2. The van der Waals surface area contributed by atoms with E-state index in [0.29, 0.717) is 23.7 Å². The Morgan fingerprint density at radius 1 is 1.12 bits per heavy atom. The maximum Gasteiger partial charge on any atom is 0.254 e. The fourth-order valence-electron chi connectivity index (χ4n) is 3.81. The molecule has 0 saturated carbocycles. The van der Waals surface area contributed by atoms with Gasteiger partial charge in [-0.15, -0.1) is 0 Å². The van der Waals surface area contributed by atoms with Crippen LogP contribution in [-0.2, 0) is 4.74 Å². The average Bonchev–Trinajstić information content (AvgIpc) is 3.12. The third-order valence-corrected chi connectivity index (χ3v) is 5.37. The highest BCUT2D eigenvalue weighted by atomic mass is 16.5. The van der Waals surface area contributed by atoms with Gasteiger partial charge in [-0.3, -0.25) is 4.79 Å². The maximum atomic E-state index is 12.9. The number of ether oxygens (including phenoxy) is 3. The van der Waals surface area contributed by atoms with Gasteiger partial charge in [-0.1, -0.05) is 0 Å². The van der Waals surface area contributed by atoms with Crippen LogP contribution in [0.5, 0.6) is 11.5 Å². The van der Waals surface area contributed by atoms with Gasteiger partial charge in [0.05, 0.1) is 19.8 Å². The van der Waals surface area contributed by atoms with E-state index in [4.69, 9.17) is 14.2 Å². The van der Waals surface area contributed by atoms with E-state index in [0.717, 1.165) is 45.3 Å². The molecule has 2 heterocycles. The van der Waals surface area contributed by atoms with Crippen LogP contribution in [0, 0.1) is 0 Å². The lowest BCUT2D eigenvalue weighted by atomic mass is 10.1. The first-order chi connectivity index (χ1) is 12.6. The third kappa shape index (κ3) is 4.30. The first kappa shape index (κ1) is 19.0. The molecule has 0 radical (unpaired) electrons. The summed E-state index contributed by atoms with van der Waals surface area (Å²) in [5.41, 5.74) is 0.639. The van der Waals surface area contributed by atoms with Crippen LogP contribution >= 0.6 is 0 Å². The molecule has 0 unspecified atom stereocenters. The number of hydrogen-bond acceptors (Lipinski definition) is 5. The van der Waals surface area contributed by atoms with Crippen LogP contribution < -0.4 is 9.47 Å². The van der Waals surface area contributed by atoms with Crippen molar-refractivity contribution in [2.24, 2.45) is 0 Å². The van der Waals surface area contributed by atoms with Crippen molar-refractivity contribution in [1.29, 1.82) is 0 Å². The van der Waals surface area contributed by atoms with E-state index in [2.05, 4.69) is 11.9 Å². The SMILES string of the molecule is COC[C@@H]1CCCN1C(=O)c1ccc(OC2CCN(C)CC2)c(OC)c1. The van der Waals surface area contributed by atoms with Crippen molar-refractivity contribution in [3.63, 3.8) is 0 Å². The summed E-state index contributed by atoms with van der Waals surface area (Å²) >= 11 is 0. The number of carbonyl (C=O) groups is 1. The molecule has 0 aromatic heterocycles. The minimum Gasteiger partial charge on any atom is -0.493 e. The fraction of sp³-hybridized carbons (Fsp3) is 0.650. The van der Waals surface area contributed by atoms with Crippen LogP contribution in [0.1, 0.15) is 36.0 Å². The quantitative estimate of drug-likeness (QED) is 0.778. The standard InChI is InChI=1S/C20H30N2O4/c1-21-11-8-17(9-12-21)26-18-7-6-15(13-19(18)25-3)20(23)22-10-4-5-16(22)14-24-2/h6-7,13,16-17H,4-5,8-12,14H2,1-3H3/t16-/m0/s1. The molecule has 3 rings (SSSR count). The maximum absolute atomic E-state index is 12.9. The van der Waals surface area contributed by atoms with Gasteiger partial charge >= 0.3 is 0 Å². The Bertz CT molecular complexity index is 614. The molecule has 2 fully saturated rings. The zero-order valence-corrected chi connectivity index (χ0v) is 16.1. The van der Waals surface area contributed by atoms with Crippen molar-refractivity contribution in [2.45, 2.75) is 37.8 Å². The highest BCUT2D eigenvalue weighted by Crippen LogP contribution is 2.32. The molecule has 1 aromatic carbocycles. The van der Waals surface area contributed by atoms with Crippen molar-refractivity contribution < 1.29 is 19.0 Å². The minimum atomic E-state index is 0.0358. The van der Waals surface area contributed by atoms with Crippen LogP contribution in [0.3, 0.4) is 0 Å². The molecule has 0 N–H and O–H groups in total. The monoisotopic (exact) mass is 362 g/mol. The Morgan fingerprint density at radius 2 is 1.88 bits per heavy atom. The van der Waals surface area contributed by atoms with Gasteiger partial charge in [0.25, 0.3) is 5.91 Å². The smallest absolute Gasteiger partial charge is 0.254 e. The summed E-state index contributed by atoms with van der Waals surface area (Å²) in [5, 5.41) is 0. The molecule has 26 heavy (non-hydrogen) atoms. The van der Waals surface area contributed by atoms with Crippen LogP contribution in [0.4, 0.5) is 0 Å². The molecule has 6 heteroatoms. The van der Waals surface area contributed by atoms with E-state index in [-0.39, 0.29) is 18.1 Å². The second-order valence-corrected chi connectivity index (χ2v) is 7.24. The zero-order chi connectivity index (χ0) is 18.5. The first-order valence-corrected chi connectivity index (χ1v) is 9.45. The predicted octanol–water partition coefficient (Wildman–Crippen LogP) is 2.42. The summed E-state index contributed by atoms with van der Waals surface area (Å²) in [6.07, 6.45) is 4.23. The first-order valence-electron chi connectivity index (χ1n) is 9.45. The van der Waals surface area contributed by atoms with E-state index in [1.807, 2.05) is 17.0 Å². The van der Waals surface area contributed by atoms with Gasteiger partial charge in [-0.05, 0) is 50.9 Å². The van der Waals surface area contributed by atoms with Gasteiger partial charge in [-0.25, -0.2) is 0 Å². The van der Waals surface area contributed by atoms with Crippen molar-refractivity contribution in [1.82, 2.24) is 9.80 Å². The molecule has 0 bridgehead atoms. The van der Waals surface area contributed by atoms with Crippen molar-refractivity contribution in [2.75, 3.05) is 47.5 Å². The highest BCUT2D eigenvalue weighted by Gasteiger charge is 2.30. The summed E-state index contributed by atoms with van der Waals surface area (Å²) in [6, 6.07) is 5.67. The van der Waals surface area contributed by atoms with Gasteiger partial charge < -0.3 is 24.0 Å². The lowest BCUT2D eigenvalue weighted by Gasteiger charge is -2.30. The largest absolute Gasteiger partial charge is 0.493 e. The van der Waals surface area contributed by atoms with Gasteiger partial charge in [0.1, 0.15) is 6.10 Å². The topological polar surface area (TPSA) is 51.2 Å². The Labute approximate surface area is 156 Å². The molecule has 0 aliphatic carbocycles. The van der Waals surface area contributed by atoms with Crippen molar-refractivity contribution in [3.05, 3.63) is 23.8 Å². The Morgan fingerprint density at radius 3 is 2.58 bits per heavy atom. The molecule has 2 aliphatic heterocycles. The average molecular weight is 362 g/mol. The highest BCUT2D eigenvalue weighted by molar-refractivity contribution is 5.95. The third-order valence-electron chi connectivity index (χ3n) is 5.37. The molecule has 0 spiro atoms. The molecule has 1 amide bonds. The molecule has 2 saturated heterocycles. The van der Waals surface area contributed by atoms with E-state index in [9.17, 15) is 4.79 Å². The Hall–Kier alpha value is -1.79. The molecule has 144 valence electrons. The minimum absolute atomic E-state index is 0.0358. The number of piperidine rings is 1. The number of carbonyl (C=O) groups excluding carboxylic acids is 1. The molecule has 6 nitrogen and oxygen atoms in total. The van der Waals surface area contributed by atoms with Crippen molar-refractivity contribution >= 4 is 5.91 Å². The normalized spacial score (nSPS) is 21.8. The van der Waals surface area contributed by atoms with Gasteiger partial charge in [0.2, 0.25) is 0 Å². The Balaban J connectivity index is 1.70. The zero-order valence-electron chi connectivity index (χ0n) is 16.1. The summed E-state index contributed by atoms with van der Waals surface area (Å²) < 4.78 is 16.9. The summed E-state index contributed by atoms with van der Waals surface area (Å²) in [4.78, 5) is 17.1. The number of hydrogen-bond donors (Lipinski definition) is 0. The lowest BCUT2D eigenvalue weighted by molar-refractivity contribution is 0.0630. The molecular formula is C20H30N2O4. The fourth-order valence-corrected chi connectivity index (χ4v) is 3.81. The molecule has 1 aromatic rings. The summed E-state index contributed by atoms with van der Waals surface area (Å²) in [7, 11) is 5.43. The van der Waals surface area contributed by atoms with Crippen LogP contribution in [0.25, 0.3) is 0 Å². The number of nitrogens with zero attached hydrogens (tertiary/aromatic N) is 2. The summed E-state index contributed by atoms with van der Waals surface area (Å²) in [6.45, 7) is 3.45. The second-order valence-electron chi connectivity index (χ2n) is 7.24. The Kier molecular flexibility index (Phi) is 6.38. The van der Waals surface area contributed by atoms with Crippen LogP contribution in [0.2, 0.25) is 0 Å². The van der Waals surface area contributed by atoms with Crippen LogP contribution in [0.15, 0.2) is 18.2 Å². The molecule has 1 atom stereocenters. The number of rotatable bonds is 6. The lowest BCUT2D eigenvalue weighted by Crippen LogP contribution is -2.38. The van der Waals surface area contributed by atoms with E-state index >= 15 is 0 Å². The van der Waals surface area contributed by atoms with Gasteiger partial charge in [0.15, 0.2) is 11.5 Å².